The molecule has 5 heteroatoms. The quantitative estimate of drug-likeness (QED) is 0.396. The van der Waals surface area contributed by atoms with Gasteiger partial charge in [0, 0.05) is 23.6 Å². The van der Waals surface area contributed by atoms with E-state index in [0.29, 0.717) is 5.75 Å². The van der Waals surface area contributed by atoms with Crippen LogP contribution < -0.4 is 4.74 Å². The van der Waals surface area contributed by atoms with E-state index in [4.69, 9.17) is 9.84 Å². The van der Waals surface area contributed by atoms with Gasteiger partial charge in [0.1, 0.15) is 11.5 Å². The monoisotopic (exact) mass is 386 g/mol. The Morgan fingerprint density at radius 3 is 2.28 bits per heavy atom. The van der Waals surface area contributed by atoms with Gasteiger partial charge in [-0.2, -0.15) is 0 Å². The molecule has 2 atom stereocenters. The van der Waals surface area contributed by atoms with Crippen LogP contribution in [-0.4, -0.2) is 22.2 Å². The third-order valence-electron chi connectivity index (χ3n) is 5.00. The summed E-state index contributed by atoms with van der Waals surface area (Å²) in [5, 5.41) is 18.6. The van der Waals surface area contributed by atoms with Crippen LogP contribution in [0.3, 0.4) is 0 Å². The number of ether oxygens (including phenoxy) is 1. The van der Waals surface area contributed by atoms with E-state index in [1.165, 1.54) is 12.1 Å². The highest BCUT2D eigenvalue weighted by Crippen LogP contribution is 2.47. The van der Waals surface area contributed by atoms with E-state index >= 15 is 0 Å². The molecule has 0 amide bonds. The van der Waals surface area contributed by atoms with Crippen molar-refractivity contribution in [2.75, 3.05) is 0 Å². The Kier molecular flexibility index (Phi) is 4.87. The lowest BCUT2D eigenvalue weighted by Crippen LogP contribution is -2.30. The normalized spacial score (nSPS) is 18.3. The van der Waals surface area contributed by atoms with Crippen LogP contribution in [0.1, 0.15) is 34.1 Å². The van der Waals surface area contributed by atoms with Gasteiger partial charge in [0.25, 0.3) is 0 Å². The van der Waals surface area contributed by atoms with Crippen molar-refractivity contribution in [2.45, 2.75) is 11.8 Å². The minimum absolute atomic E-state index is 0.0302. The zero-order valence-electron chi connectivity index (χ0n) is 15.4. The zero-order valence-corrected chi connectivity index (χ0v) is 15.4. The van der Waals surface area contributed by atoms with Gasteiger partial charge in [-0.25, -0.2) is 4.79 Å². The van der Waals surface area contributed by atoms with Gasteiger partial charge in [-0.15, -0.1) is 0 Å². The molecule has 2 N–H and O–H groups in total. The average Bonchev–Trinajstić information content (AvgIpc) is 2.72. The van der Waals surface area contributed by atoms with Crippen molar-refractivity contribution in [1.29, 1.82) is 0 Å². The molecular formula is C24H18O5. The summed E-state index contributed by atoms with van der Waals surface area (Å²) in [5.74, 6) is -1.85. The van der Waals surface area contributed by atoms with Crippen LogP contribution >= 0.6 is 0 Å². The van der Waals surface area contributed by atoms with E-state index in [0.717, 1.165) is 28.3 Å². The number of hydrogen-bond acceptors (Lipinski definition) is 4. The molecule has 144 valence electrons. The van der Waals surface area contributed by atoms with Gasteiger partial charge in [-0.1, -0.05) is 60.7 Å². The molecule has 1 heterocycles. The minimum Gasteiger partial charge on any atom is -0.508 e. The maximum absolute atomic E-state index is 12.9. The molecule has 0 aromatic heterocycles. The Morgan fingerprint density at radius 1 is 0.897 bits per heavy atom. The number of esters is 1. The number of carbonyl (C=O) groups excluding carboxylic acids is 1. The van der Waals surface area contributed by atoms with Crippen molar-refractivity contribution in [2.24, 2.45) is 0 Å². The van der Waals surface area contributed by atoms with Crippen LogP contribution in [0.15, 0.2) is 78.9 Å². The van der Waals surface area contributed by atoms with Crippen molar-refractivity contribution in [3.8, 4) is 11.5 Å². The van der Waals surface area contributed by atoms with Gasteiger partial charge >= 0.3 is 11.9 Å². The highest BCUT2D eigenvalue weighted by molar-refractivity contribution is 5.86. The minimum atomic E-state index is -1.01. The zero-order chi connectivity index (χ0) is 20.4. The number of benzene rings is 3. The van der Waals surface area contributed by atoms with Crippen LogP contribution in [0, 0.1) is 0 Å². The molecule has 2 unspecified atom stereocenters. The standard InChI is InChI=1S/C24H18O5/c25-18-11-12-19-20(14-18)29-24(28)23(16-4-2-1-3-5-16)22(19)17-9-6-15(7-10-17)8-13-21(26)27/h1-14,22-23,25H,(H,26,27). The number of carboxylic acids is 1. The number of rotatable bonds is 4. The average molecular weight is 386 g/mol. The second-order valence-electron chi connectivity index (χ2n) is 6.85. The molecule has 0 saturated carbocycles. The van der Waals surface area contributed by atoms with Gasteiger partial charge in [0.2, 0.25) is 0 Å². The van der Waals surface area contributed by atoms with Crippen molar-refractivity contribution in [3.63, 3.8) is 0 Å². The summed E-state index contributed by atoms with van der Waals surface area (Å²) in [5.41, 5.74) is 3.30. The molecule has 29 heavy (non-hydrogen) atoms. The number of carboxylic acid groups (broad SMARTS) is 1. The summed E-state index contributed by atoms with van der Waals surface area (Å²) < 4.78 is 5.54. The Balaban J connectivity index is 1.82. The molecule has 0 spiro atoms. The van der Waals surface area contributed by atoms with E-state index in [9.17, 15) is 14.7 Å². The van der Waals surface area contributed by atoms with Crippen LogP contribution in [-0.2, 0) is 9.59 Å². The number of carbonyl (C=O) groups is 2. The van der Waals surface area contributed by atoms with Gasteiger partial charge in [-0.05, 0) is 28.8 Å². The number of aromatic hydroxyl groups is 1. The summed E-state index contributed by atoms with van der Waals surface area (Å²) in [6.07, 6.45) is 2.60. The maximum atomic E-state index is 12.9. The summed E-state index contributed by atoms with van der Waals surface area (Å²) in [7, 11) is 0. The summed E-state index contributed by atoms with van der Waals surface area (Å²) >= 11 is 0. The van der Waals surface area contributed by atoms with E-state index in [1.807, 2.05) is 54.6 Å². The lowest BCUT2D eigenvalue weighted by Gasteiger charge is -2.32. The predicted octanol–water partition coefficient (Wildman–Crippen LogP) is 4.32. The highest BCUT2D eigenvalue weighted by Gasteiger charge is 2.39. The van der Waals surface area contributed by atoms with Gasteiger partial charge in [0.05, 0.1) is 5.92 Å². The molecule has 1 aliphatic heterocycles. The van der Waals surface area contributed by atoms with Crippen molar-refractivity contribution < 1.29 is 24.5 Å². The number of phenols is 1. The van der Waals surface area contributed by atoms with Crippen molar-refractivity contribution in [3.05, 3.63) is 101 Å². The number of hydrogen-bond donors (Lipinski definition) is 2. The van der Waals surface area contributed by atoms with Gasteiger partial charge in [-0.3, -0.25) is 4.79 Å². The molecule has 0 fully saturated rings. The fourth-order valence-corrected chi connectivity index (χ4v) is 3.70. The van der Waals surface area contributed by atoms with E-state index in [1.54, 1.807) is 12.1 Å². The summed E-state index contributed by atoms with van der Waals surface area (Å²) in [6.45, 7) is 0. The lowest BCUT2D eigenvalue weighted by atomic mass is 9.75. The lowest BCUT2D eigenvalue weighted by molar-refractivity contribution is -0.137. The third-order valence-corrected chi connectivity index (χ3v) is 5.00. The molecular weight excluding hydrogens is 368 g/mol. The van der Waals surface area contributed by atoms with Gasteiger partial charge in [0.15, 0.2) is 0 Å². The first-order valence-corrected chi connectivity index (χ1v) is 9.13. The largest absolute Gasteiger partial charge is 0.508 e. The SMILES string of the molecule is O=C(O)C=Cc1ccc(C2c3ccc(O)cc3OC(=O)C2c2ccccc2)cc1. The smallest absolute Gasteiger partial charge is 0.328 e. The third kappa shape index (κ3) is 3.75. The second kappa shape index (κ2) is 7.64. The van der Waals surface area contributed by atoms with Crippen LogP contribution in [0.5, 0.6) is 11.5 Å². The summed E-state index contributed by atoms with van der Waals surface area (Å²) in [4.78, 5) is 23.6. The van der Waals surface area contributed by atoms with Crippen LogP contribution in [0.2, 0.25) is 0 Å². The fraction of sp³-hybridized carbons (Fsp3) is 0.0833. The summed E-state index contributed by atoms with van der Waals surface area (Å²) in [6, 6.07) is 21.7. The van der Waals surface area contributed by atoms with Gasteiger partial charge < -0.3 is 14.9 Å². The fourth-order valence-electron chi connectivity index (χ4n) is 3.70. The molecule has 0 aliphatic carbocycles. The molecule has 3 aromatic carbocycles. The first-order valence-electron chi connectivity index (χ1n) is 9.13. The Morgan fingerprint density at radius 2 is 1.59 bits per heavy atom. The molecule has 0 radical (unpaired) electrons. The number of fused-ring (bicyclic) bond motifs is 1. The Labute approximate surface area is 167 Å². The molecule has 3 aromatic rings. The second-order valence-corrected chi connectivity index (χ2v) is 6.85. The van der Waals surface area contributed by atoms with E-state index < -0.39 is 11.9 Å². The van der Waals surface area contributed by atoms with E-state index in [-0.39, 0.29) is 17.6 Å². The Hall–Kier alpha value is -3.86. The van der Waals surface area contributed by atoms with Crippen molar-refractivity contribution >= 4 is 18.0 Å². The number of aliphatic carboxylic acids is 1. The maximum Gasteiger partial charge on any atom is 0.328 e. The molecule has 5 nitrogen and oxygen atoms in total. The van der Waals surface area contributed by atoms with Crippen LogP contribution in [0.4, 0.5) is 0 Å². The Bertz CT molecular complexity index is 1080. The molecule has 1 aliphatic rings. The first kappa shape index (κ1) is 18.5. The number of phenolic OH excluding ortho intramolecular Hbond substituents is 1. The highest BCUT2D eigenvalue weighted by atomic mass is 16.5. The molecule has 0 bridgehead atoms. The van der Waals surface area contributed by atoms with Crippen LogP contribution in [0.25, 0.3) is 6.08 Å². The van der Waals surface area contributed by atoms with E-state index in [2.05, 4.69) is 0 Å². The van der Waals surface area contributed by atoms with Crippen molar-refractivity contribution in [1.82, 2.24) is 0 Å². The molecule has 4 rings (SSSR count). The first-order chi connectivity index (χ1) is 14.0. The molecule has 0 saturated heterocycles. The topological polar surface area (TPSA) is 83.8 Å². The predicted molar refractivity (Wildman–Crippen MR) is 108 cm³/mol.